The van der Waals surface area contributed by atoms with Crippen molar-refractivity contribution in [2.75, 3.05) is 23.3 Å². The first-order chi connectivity index (χ1) is 17.5. The van der Waals surface area contributed by atoms with E-state index in [1.54, 1.807) is 12.1 Å². The zero-order valence-electron chi connectivity index (χ0n) is 19.6. The second-order valence-corrected chi connectivity index (χ2v) is 8.54. The number of carbonyl (C=O) groups excluding carboxylic acids is 1. The Hall–Kier alpha value is -4.14. The van der Waals surface area contributed by atoms with Gasteiger partial charge in [0.2, 0.25) is 5.95 Å². The third-order valence-electron chi connectivity index (χ3n) is 5.42. The topological polar surface area (TPSA) is 128 Å². The van der Waals surface area contributed by atoms with Crippen molar-refractivity contribution in [3.63, 3.8) is 0 Å². The number of nitrogens with one attached hydrogen (secondary N) is 2. The van der Waals surface area contributed by atoms with Crippen LogP contribution >= 0.6 is 11.6 Å². The van der Waals surface area contributed by atoms with Gasteiger partial charge in [-0.05, 0) is 47.4 Å². The van der Waals surface area contributed by atoms with Crippen LogP contribution in [0, 0.1) is 0 Å². The fourth-order valence-electron chi connectivity index (χ4n) is 3.67. The smallest absolute Gasteiger partial charge is 0.319 e. The van der Waals surface area contributed by atoms with Crippen LogP contribution in [0.5, 0.6) is 0 Å². The highest BCUT2D eigenvalue weighted by Gasteiger charge is 2.14. The first-order valence-corrected chi connectivity index (χ1v) is 11.8. The number of nitrogen functional groups attached to an aromatic ring is 2. The number of carbonyl (C=O) groups is 1. The predicted molar refractivity (Wildman–Crippen MR) is 143 cm³/mol. The summed E-state index contributed by atoms with van der Waals surface area (Å²) >= 11 is 5.90. The van der Waals surface area contributed by atoms with Gasteiger partial charge in [0.15, 0.2) is 0 Å². The molecule has 4 aromatic rings. The molecule has 0 fully saturated rings. The van der Waals surface area contributed by atoms with E-state index in [4.69, 9.17) is 27.8 Å². The summed E-state index contributed by atoms with van der Waals surface area (Å²) in [7, 11) is 0. The lowest BCUT2D eigenvalue weighted by atomic mass is 10.0. The summed E-state index contributed by atoms with van der Waals surface area (Å²) in [6, 6.07) is 24.4. The average molecular weight is 503 g/mol. The molecule has 0 bridgehead atoms. The first-order valence-electron chi connectivity index (χ1n) is 11.4. The molecule has 0 atom stereocenters. The number of urea groups is 1. The van der Waals surface area contributed by atoms with Gasteiger partial charge in [-0.3, -0.25) is 0 Å². The van der Waals surface area contributed by atoms with Crippen LogP contribution in [0.1, 0.15) is 16.8 Å². The maximum absolute atomic E-state index is 12.3. The maximum Gasteiger partial charge on any atom is 0.319 e. The molecule has 0 radical (unpaired) electrons. The number of hydrogen-bond acceptors (Lipinski definition) is 6. The summed E-state index contributed by atoms with van der Waals surface area (Å²) in [5.41, 5.74) is 16.8. The van der Waals surface area contributed by atoms with Crippen LogP contribution in [0.2, 0.25) is 5.02 Å². The maximum atomic E-state index is 12.3. The number of ether oxygens (including phenoxy) is 1. The molecule has 6 N–H and O–H groups in total. The van der Waals surface area contributed by atoms with Crippen LogP contribution < -0.4 is 22.1 Å². The van der Waals surface area contributed by atoms with Crippen LogP contribution in [-0.2, 0) is 24.4 Å². The normalized spacial score (nSPS) is 10.7. The number of rotatable bonds is 9. The second-order valence-electron chi connectivity index (χ2n) is 8.10. The average Bonchev–Trinajstić information content (AvgIpc) is 2.86. The van der Waals surface area contributed by atoms with E-state index in [1.807, 2.05) is 66.7 Å². The van der Waals surface area contributed by atoms with Crippen molar-refractivity contribution in [2.24, 2.45) is 0 Å². The van der Waals surface area contributed by atoms with Crippen molar-refractivity contribution in [1.82, 2.24) is 15.3 Å². The summed E-state index contributed by atoms with van der Waals surface area (Å²) in [4.78, 5) is 20.7. The van der Waals surface area contributed by atoms with Crippen molar-refractivity contribution in [2.45, 2.75) is 19.6 Å². The SMILES string of the molecule is Nc1nc(N)c(-c2ccc(NC(=O)NCCc3ccc(Cl)cc3)cc2)c(COCc2ccccc2)n1. The molecule has 9 heteroatoms. The Morgan fingerprint density at radius 2 is 1.58 bits per heavy atom. The summed E-state index contributed by atoms with van der Waals surface area (Å²) in [5.74, 6) is 0.351. The minimum atomic E-state index is -0.290. The quantitative estimate of drug-likeness (QED) is 0.254. The van der Waals surface area contributed by atoms with Crippen molar-refractivity contribution < 1.29 is 9.53 Å². The molecule has 0 unspecified atom stereocenters. The van der Waals surface area contributed by atoms with Gasteiger partial charge in [0.25, 0.3) is 0 Å². The van der Waals surface area contributed by atoms with E-state index in [0.29, 0.717) is 41.5 Å². The van der Waals surface area contributed by atoms with E-state index >= 15 is 0 Å². The van der Waals surface area contributed by atoms with Crippen LogP contribution in [0.25, 0.3) is 11.1 Å². The predicted octanol–water partition coefficient (Wildman–Crippen LogP) is 5.04. The van der Waals surface area contributed by atoms with Gasteiger partial charge in [0.1, 0.15) is 5.82 Å². The van der Waals surface area contributed by atoms with E-state index in [0.717, 1.165) is 16.7 Å². The largest absolute Gasteiger partial charge is 0.383 e. The number of amides is 2. The zero-order chi connectivity index (χ0) is 25.3. The summed E-state index contributed by atoms with van der Waals surface area (Å²) in [5, 5.41) is 6.36. The lowest BCUT2D eigenvalue weighted by Crippen LogP contribution is -2.30. The van der Waals surface area contributed by atoms with Crippen molar-refractivity contribution >= 4 is 35.1 Å². The molecular formula is C27H27ClN6O2. The standard InChI is InChI=1S/C27H27ClN6O2/c28-21-10-6-18(7-11-21)14-15-31-27(35)32-22-12-8-20(9-13-22)24-23(33-26(30)34-25(24)29)17-36-16-19-4-2-1-3-5-19/h1-13H,14-17H2,(H2,31,32,35)(H4,29,30,33,34). The van der Waals surface area contributed by atoms with Crippen LogP contribution in [-0.4, -0.2) is 22.5 Å². The highest BCUT2D eigenvalue weighted by molar-refractivity contribution is 6.30. The number of nitrogens with zero attached hydrogens (tertiary/aromatic N) is 2. The Morgan fingerprint density at radius 3 is 2.31 bits per heavy atom. The Labute approximate surface area is 214 Å². The second kappa shape index (κ2) is 12.0. The van der Waals surface area contributed by atoms with Gasteiger partial charge >= 0.3 is 6.03 Å². The number of halogens is 1. The van der Waals surface area contributed by atoms with Crippen molar-refractivity contribution in [1.29, 1.82) is 0 Å². The van der Waals surface area contributed by atoms with E-state index < -0.39 is 0 Å². The van der Waals surface area contributed by atoms with Gasteiger partial charge < -0.3 is 26.8 Å². The Balaban J connectivity index is 1.36. The number of nitrogens with two attached hydrogens (primary N) is 2. The molecule has 0 saturated heterocycles. The van der Waals surface area contributed by atoms with Gasteiger partial charge in [-0.25, -0.2) is 9.78 Å². The molecule has 1 aromatic heterocycles. The van der Waals surface area contributed by atoms with E-state index in [2.05, 4.69) is 20.6 Å². The minimum Gasteiger partial charge on any atom is -0.383 e. The molecule has 1 heterocycles. The van der Waals surface area contributed by atoms with Gasteiger partial charge in [-0.1, -0.05) is 66.2 Å². The Morgan fingerprint density at radius 1 is 0.861 bits per heavy atom. The number of aromatic nitrogens is 2. The fourth-order valence-corrected chi connectivity index (χ4v) is 3.80. The molecule has 184 valence electrons. The molecule has 0 aliphatic heterocycles. The molecule has 3 aromatic carbocycles. The van der Waals surface area contributed by atoms with E-state index in [1.165, 1.54) is 0 Å². The highest BCUT2D eigenvalue weighted by atomic mass is 35.5. The molecule has 2 amide bonds. The molecule has 8 nitrogen and oxygen atoms in total. The van der Waals surface area contributed by atoms with Gasteiger partial charge in [-0.15, -0.1) is 0 Å². The molecule has 0 saturated carbocycles. The third kappa shape index (κ3) is 6.94. The van der Waals surface area contributed by atoms with E-state index in [-0.39, 0.29) is 24.4 Å². The lowest BCUT2D eigenvalue weighted by Gasteiger charge is -2.13. The minimum absolute atomic E-state index is 0.0862. The van der Waals surface area contributed by atoms with Gasteiger partial charge in [0.05, 0.1) is 18.9 Å². The monoisotopic (exact) mass is 502 g/mol. The summed E-state index contributed by atoms with van der Waals surface area (Å²) < 4.78 is 5.86. The molecule has 0 aliphatic carbocycles. The molecule has 36 heavy (non-hydrogen) atoms. The van der Waals surface area contributed by atoms with Gasteiger partial charge in [0, 0.05) is 22.8 Å². The zero-order valence-corrected chi connectivity index (χ0v) is 20.3. The lowest BCUT2D eigenvalue weighted by molar-refractivity contribution is 0.105. The number of hydrogen-bond donors (Lipinski definition) is 4. The van der Waals surface area contributed by atoms with Crippen LogP contribution in [0.3, 0.4) is 0 Å². The summed E-state index contributed by atoms with van der Waals surface area (Å²) in [6.45, 7) is 1.15. The molecule has 0 spiro atoms. The van der Waals surface area contributed by atoms with Crippen molar-refractivity contribution in [3.05, 3.63) is 101 Å². The molecule has 4 rings (SSSR count). The number of anilines is 3. The fraction of sp³-hybridized carbons (Fsp3) is 0.148. The van der Waals surface area contributed by atoms with Gasteiger partial charge in [-0.2, -0.15) is 4.98 Å². The first kappa shape index (κ1) is 25.0. The Bertz CT molecular complexity index is 1300. The molecule has 0 aliphatic rings. The summed E-state index contributed by atoms with van der Waals surface area (Å²) in [6.07, 6.45) is 0.703. The highest BCUT2D eigenvalue weighted by Crippen LogP contribution is 2.30. The van der Waals surface area contributed by atoms with Crippen LogP contribution in [0.4, 0.5) is 22.2 Å². The van der Waals surface area contributed by atoms with E-state index in [9.17, 15) is 4.79 Å². The molecular weight excluding hydrogens is 476 g/mol. The number of benzene rings is 3. The third-order valence-corrected chi connectivity index (χ3v) is 5.68. The Kier molecular flexibility index (Phi) is 8.33. The van der Waals surface area contributed by atoms with Crippen LogP contribution in [0.15, 0.2) is 78.9 Å². The van der Waals surface area contributed by atoms with Crippen molar-refractivity contribution in [3.8, 4) is 11.1 Å².